The molecule has 0 radical (unpaired) electrons. The molecular formula is C11H19N3O2S. The van der Waals surface area contributed by atoms with Crippen LogP contribution in [0, 0.1) is 6.92 Å². The number of aryl methyl sites for hydroxylation is 2. The molecule has 0 spiro atoms. The number of hydrogen-bond acceptors (Lipinski definition) is 4. The predicted molar refractivity (Wildman–Crippen MR) is 71.0 cm³/mol. The highest BCUT2D eigenvalue weighted by molar-refractivity contribution is 7.99. The van der Waals surface area contributed by atoms with Crippen LogP contribution >= 0.6 is 11.8 Å². The van der Waals surface area contributed by atoms with Crippen LogP contribution in [-0.2, 0) is 7.05 Å². The van der Waals surface area contributed by atoms with Crippen LogP contribution in [0.25, 0.3) is 0 Å². The Kier molecular flexibility index (Phi) is 4.86. The Morgan fingerprint density at radius 2 is 2.29 bits per heavy atom. The number of aromatic carboxylic acids is 1. The first-order chi connectivity index (χ1) is 7.97. The standard InChI is InChI=1S/C11H19N3O2S/c1-5-17-6-7(2)12-10-9(11(15)16)8(3)13-14(10)4/h7,12H,5-6H2,1-4H3,(H,15,16). The summed E-state index contributed by atoms with van der Waals surface area (Å²) in [6.07, 6.45) is 0. The Morgan fingerprint density at radius 3 is 2.82 bits per heavy atom. The lowest BCUT2D eigenvalue weighted by Gasteiger charge is -2.15. The van der Waals surface area contributed by atoms with Gasteiger partial charge in [-0.05, 0) is 19.6 Å². The highest BCUT2D eigenvalue weighted by Gasteiger charge is 2.20. The van der Waals surface area contributed by atoms with Crippen LogP contribution in [0.4, 0.5) is 5.82 Å². The lowest BCUT2D eigenvalue weighted by atomic mass is 10.2. The summed E-state index contributed by atoms with van der Waals surface area (Å²) in [7, 11) is 1.75. The van der Waals surface area contributed by atoms with Gasteiger partial charge in [0, 0.05) is 18.8 Å². The minimum Gasteiger partial charge on any atom is -0.477 e. The number of anilines is 1. The zero-order valence-electron chi connectivity index (χ0n) is 10.6. The van der Waals surface area contributed by atoms with Crippen molar-refractivity contribution in [2.24, 2.45) is 7.05 Å². The molecule has 2 N–H and O–H groups in total. The van der Waals surface area contributed by atoms with Crippen LogP contribution < -0.4 is 5.32 Å². The van der Waals surface area contributed by atoms with E-state index in [2.05, 4.69) is 17.3 Å². The van der Waals surface area contributed by atoms with E-state index in [1.54, 1.807) is 18.7 Å². The average molecular weight is 257 g/mol. The lowest BCUT2D eigenvalue weighted by Crippen LogP contribution is -2.21. The van der Waals surface area contributed by atoms with Gasteiger partial charge >= 0.3 is 5.97 Å². The molecule has 1 unspecified atom stereocenters. The van der Waals surface area contributed by atoms with Crippen molar-refractivity contribution in [3.8, 4) is 0 Å². The summed E-state index contributed by atoms with van der Waals surface area (Å²) in [4.78, 5) is 11.2. The molecule has 1 heterocycles. The normalized spacial score (nSPS) is 12.5. The minimum atomic E-state index is -0.937. The lowest BCUT2D eigenvalue weighted by molar-refractivity contribution is 0.0697. The van der Waals surface area contributed by atoms with Crippen LogP contribution in [0.3, 0.4) is 0 Å². The molecule has 96 valence electrons. The summed E-state index contributed by atoms with van der Waals surface area (Å²) >= 11 is 1.82. The maximum atomic E-state index is 11.2. The Balaban J connectivity index is 2.86. The van der Waals surface area contributed by atoms with E-state index in [0.29, 0.717) is 11.5 Å². The first-order valence-electron chi connectivity index (χ1n) is 5.58. The van der Waals surface area contributed by atoms with Crippen molar-refractivity contribution < 1.29 is 9.90 Å². The van der Waals surface area contributed by atoms with E-state index in [-0.39, 0.29) is 11.6 Å². The van der Waals surface area contributed by atoms with Gasteiger partial charge in [-0.3, -0.25) is 4.68 Å². The van der Waals surface area contributed by atoms with E-state index in [1.807, 2.05) is 18.7 Å². The highest BCUT2D eigenvalue weighted by atomic mass is 32.2. The fraction of sp³-hybridized carbons (Fsp3) is 0.636. The number of carboxylic acids is 1. The quantitative estimate of drug-likeness (QED) is 0.815. The number of aromatic nitrogens is 2. The summed E-state index contributed by atoms with van der Waals surface area (Å²) in [5.41, 5.74) is 0.804. The number of nitrogens with one attached hydrogen (secondary N) is 1. The molecule has 0 aromatic carbocycles. The Bertz CT molecular complexity index is 404. The van der Waals surface area contributed by atoms with Gasteiger partial charge in [-0.25, -0.2) is 4.79 Å². The molecule has 0 aliphatic rings. The molecule has 5 nitrogen and oxygen atoms in total. The predicted octanol–water partition coefficient (Wildman–Crippen LogP) is 1.98. The number of hydrogen-bond donors (Lipinski definition) is 2. The van der Waals surface area contributed by atoms with Gasteiger partial charge in [0.1, 0.15) is 11.4 Å². The first kappa shape index (κ1) is 13.9. The largest absolute Gasteiger partial charge is 0.477 e. The molecule has 1 aromatic rings. The molecule has 0 aliphatic heterocycles. The zero-order valence-corrected chi connectivity index (χ0v) is 11.5. The van der Waals surface area contributed by atoms with Crippen molar-refractivity contribution in [3.05, 3.63) is 11.3 Å². The first-order valence-corrected chi connectivity index (χ1v) is 6.74. The third-order valence-electron chi connectivity index (χ3n) is 2.39. The van der Waals surface area contributed by atoms with E-state index >= 15 is 0 Å². The van der Waals surface area contributed by atoms with Crippen molar-refractivity contribution in [1.29, 1.82) is 0 Å². The molecule has 0 fully saturated rings. The second kappa shape index (κ2) is 5.95. The van der Waals surface area contributed by atoms with E-state index in [0.717, 1.165) is 11.5 Å². The van der Waals surface area contributed by atoms with Gasteiger partial charge in [0.2, 0.25) is 0 Å². The van der Waals surface area contributed by atoms with Crippen LogP contribution in [-0.4, -0.2) is 38.4 Å². The van der Waals surface area contributed by atoms with E-state index in [4.69, 9.17) is 5.11 Å². The Hall–Kier alpha value is -1.17. The molecule has 0 bridgehead atoms. The Morgan fingerprint density at radius 1 is 1.65 bits per heavy atom. The topological polar surface area (TPSA) is 67.2 Å². The third-order valence-corrected chi connectivity index (χ3v) is 3.54. The number of nitrogens with zero attached hydrogens (tertiary/aromatic N) is 2. The Labute approximate surface area is 106 Å². The molecular weight excluding hydrogens is 238 g/mol. The van der Waals surface area contributed by atoms with Gasteiger partial charge < -0.3 is 10.4 Å². The summed E-state index contributed by atoms with van der Waals surface area (Å²) in [5, 5.41) is 16.5. The zero-order chi connectivity index (χ0) is 13.0. The molecule has 0 saturated carbocycles. The highest BCUT2D eigenvalue weighted by Crippen LogP contribution is 2.20. The van der Waals surface area contributed by atoms with Gasteiger partial charge in [-0.15, -0.1) is 0 Å². The van der Waals surface area contributed by atoms with Crippen LogP contribution in [0.15, 0.2) is 0 Å². The van der Waals surface area contributed by atoms with Crippen molar-refractivity contribution in [2.75, 3.05) is 16.8 Å². The fourth-order valence-electron chi connectivity index (χ4n) is 1.65. The molecule has 1 atom stereocenters. The van der Waals surface area contributed by atoms with E-state index < -0.39 is 5.97 Å². The summed E-state index contributed by atoms with van der Waals surface area (Å²) in [6.45, 7) is 5.85. The maximum Gasteiger partial charge on any atom is 0.341 e. The molecule has 6 heteroatoms. The second-order valence-electron chi connectivity index (χ2n) is 3.94. The van der Waals surface area contributed by atoms with Crippen molar-refractivity contribution in [2.45, 2.75) is 26.8 Å². The molecule has 1 aromatic heterocycles. The molecule has 17 heavy (non-hydrogen) atoms. The van der Waals surface area contributed by atoms with Crippen LogP contribution in [0.2, 0.25) is 0 Å². The minimum absolute atomic E-state index is 0.216. The van der Waals surface area contributed by atoms with Gasteiger partial charge in [-0.2, -0.15) is 16.9 Å². The second-order valence-corrected chi connectivity index (χ2v) is 5.26. The summed E-state index contributed by atoms with van der Waals surface area (Å²) in [6, 6.07) is 0.216. The third kappa shape index (κ3) is 3.39. The number of thioether (sulfide) groups is 1. The van der Waals surface area contributed by atoms with Crippen molar-refractivity contribution >= 4 is 23.5 Å². The monoisotopic (exact) mass is 257 g/mol. The SMILES string of the molecule is CCSCC(C)Nc1c(C(=O)O)c(C)nn1C. The molecule has 0 aliphatic carbocycles. The maximum absolute atomic E-state index is 11.2. The van der Waals surface area contributed by atoms with Crippen molar-refractivity contribution in [3.63, 3.8) is 0 Å². The van der Waals surface area contributed by atoms with E-state index in [1.165, 1.54) is 0 Å². The molecule has 1 rings (SSSR count). The smallest absolute Gasteiger partial charge is 0.341 e. The number of carbonyl (C=O) groups is 1. The van der Waals surface area contributed by atoms with Gasteiger partial charge in [-0.1, -0.05) is 6.92 Å². The molecule has 0 saturated heterocycles. The number of carboxylic acid groups (broad SMARTS) is 1. The van der Waals surface area contributed by atoms with Crippen LogP contribution in [0.1, 0.15) is 29.9 Å². The van der Waals surface area contributed by atoms with E-state index in [9.17, 15) is 4.79 Å². The van der Waals surface area contributed by atoms with Gasteiger partial charge in [0.05, 0.1) is 5.69 Å². The number of rotatable bonds is 6. The summed E-state index contributed by atoms with van der Waals surface area (Å²) < 4.78 is 1.59. The van der Waals surface area contributed by atoms with Crippen LogP contribution in [0.5, 0.6) is 0 Å². The fourth-order valence-corrected chi connectivity index (χ4v) is 2.32. The molecule has 0 amide bonds. The van der Waals surface area contributed by atoms with Crippen molar-refractivity contribution in [1.82, 2.24) is 9.78 Å². The van der Waals surface area contributed by atoms with Gasteiger partial charge in [0.15, 0.2) is 0 Å². The summed E-state index contributed by atoms with van der Waals surface area (Å²) in [5.74, 6) is 1.65. The average Bonchev–Trinajstić information content (AvgIpc) is 2.51. The van der Waals surface area contributed by atoms with Gasteiger partial charge in [0.25, 0.3) is 0 Å².